The van der Waals surface area contributed by atoms with Crippen LogP contribution in [0.15, 0.2) is 24.4 Å². The van der Waals surface area contributed by atoms with Crippen molar-refractivity contribution >= 4 is 22.6 Å². The van der Waals surface area contributed by atoms with Crippen LogP contribution in [-0.4, -0.2) is 58.3 Å². The highest BCUT2D eigenvalue weighted by Gasteiger charge is 2.20. The molecular weight excluding hydrogens is 302 g/mol. The number of rotatable bonds is 3. The Morgan fingerprint density at radius 3 is 2.75 bits per heavy atom. The Kier molecular flexibility index (Phi) is 4.72. The molecule has 0 aliphatic carbocycles. The van der Waals surface area contributed by atoms with Crippen LogP contribution in [0.2, 0.25) is 0 Å². The predicted octanol–water partition coefficient (Wildman–Crippen LogP) is 2.40. The molecule has 1 aromatic carbocycles. The highest BCUT2D eigenvalue weighted by molar-refractivity contribution is 5.92. The average molecular weight is 325 g/mol. The third kappa shape index (κ3) is 3.52. The lowest BCUT2D eigenvalue weighted by atomic mass is 10.2. The van der Waals surface area contributed by atoms with Crippen LogP contribution in [0.3, 0.4) is 0 Å². The fourth-order valence-corrected chi connectivity index (χ4v) is 2.83. The summed E-state index contributed by atoms with van der Waals surface area (Å²) in [7, 11) is 0. The first-order valence-corrected chi connectivity index (χ1v) is 8.27. The van der Waals surface area contributed by atoms with E-state index in [1.165, 1.54) is 0 Å². The topological polar surface area (TPSA) is 53.4 Å². The molecule has 0 unspecified atom stereocenters. The van der Waals surface area contributed by atoms with Crippen LogP contribution >= 0.6 is 0 Å². The molecule has 24 heavy (non-hydrogen) atoms. The van der Waals surface area contributed by atoms with Crippen LogP contribution in [0.5, 0.6) is 0 Å². The van der Waals surface area contributed by atoms with Crippen molar-refractivity contribution in [1.82, 2.24) is 19.6 Å². The molecule has 1 aliphatic rings. The van der Waals surface area contributed by atoms with Crippen LogP contribution in [0.1, 0.15) is 19.9 Å². The smallest absolute Gasteiger partial charge is 0.321 e. The number of hydrogen-bond donors (Lipinski definition) is 1. The highest BCUT2D eigenvalue weighted by atomic mass is 16.2. The number of urea groups is 1. The number of anilines is 1. The van der Waals surface area contributed by atoms with Gasteiger partial charge in [-0.25, -0.2) is 4.79 Å². The molecule has 1 aliphatic heterocycles. The van der Waals surface area contributed by atoms with Crippen molar-refractivity contribution in [2.75, 3.05) is 38.0 Å². The second kappa shape index (κ2) is 6.93. The van der Waals surface area contributed by atoms with Gasteiger partial charge in [0.1, 0.15) is 0 Å². The summed E-state index contributed by atoms with van der Waals surface area (Å²) in [4.78, 5) is 16.4. The van der Waals surface area contributed by atoms with Crippen LogP contribution < -0.4 is 5.32 Å². The second-order valence-electron chi connectivity index (χ2n) is 6.37. The number of aromatic nitrogens is 2. The highest BCUT2D eigenvalue weighted by Crippen LogP contribution is 2.20. The van der Waals surface area contributed by atoms with Crippen LogP contribution in [-0.2, 0) is 0 Å². The molecule has 1 N–H and O–H groups in total. The third-order valence-electron chi connectivity index (χ3n) is 4.28. The van der Waals surface area contributed by atoms with Crippen molar-refractivity contribution < 1.29 is 4.79 Å². The van der Waals surface area contributed by atoms with Gasteiger partial charge in [-0.05, 0) is 32.0 Å². The van der Waals surface area contributed by atoms with E-state index in [0.29, 0.717) is 25.7 Å². The summed E-state index contributed by atoms with van der Waals surface area (Å²) in [5.41, 5.74) is 1.73. The predicted molar refractivity (Wildman–Crippen MR) is 96.0 cm³/mol. The Balaban J connectivity index is 1.64. The summed E-state index contributed by atoms with van der Waals surface area (Å²) in [6, 6.07) is 6.05. The number of carbonyl (C=O) groups is 1. The minimum absolute atomic E-state index is 0.0639. The zero-order chi connectivity index (χ0) is 17.1. The van der Waals surface area contributed by atoms with E-state index in [1.54, 1.807) is 0 Å². The summed E-state index contributed by atoms with van der Waals surface area (Å²) in [6.07, 6.45) is 7.34. The maximum Gasteiger partial charge on any atom is 0.321 e. The molecule has 1 aromatic heterocycles. The molecule has 0 spiro atoms. The van der Waals surface area contributed by atoms with E-state index in [9.17, 15) is 4.79 Å². The van der Waals surface area contributed by atoms with Gasteiger partial charge in [-0.2, -0.15) is 5.10 Å². The third-order valence-corrected chi connectivity index (χ3v) is 4.28. The molecule has 0 bridgehead atoms. The molecule has 0 saturated carbocycles. The summed E-state index contributed by atoms with van der Waals surface area (Å²) in [6.45, 7) is 7.85. The summed E-state index contributed by atoms with van der Waals surface area (Å²) < 4.78 is 1.93. The second-order valence-corrected chi connectivity index (χ2v) is 6.37. The number of nitrogens with one attached hydrogen (secondary N) is 1. The van der Waals surface area contributed by atoms with E-state index < -0.39 is 0 Å². The largest absolute Gasteiger partial charge is 0.322 e. The van der Waals surface area contributed by atoms with Gasteiger partial charge in [-0.1, -0.05) is 5.92 Å². The fourth-order valence-electron chi connectivity index (χ4n) is 2.83. The minimum atomic E-state index is -0.0639. The van der Waals surface area contributed by atoms with Gasteiger partial charge in [0.2, 0.25) is 0 Å². The SMILES string of the molecule is C#CCN1CCN(C(=O)Nc2ccc3nn(C(C)C)cc3c2)CC1. The van der Waals surface area contributed by atoms with E-state index in [1.807, 2.05) is 34.0 Å². The van der Waals surface area contributed by atoms with Crippen LogP contribution in [0.4, 0.5) is 10.5 Å². The van der Waals surface area contributed by atoms with Crippen molar-refractivity contribution in [3.8, 4) is 12.3 Å². The Bertz CT molecular complexity index is 765. The van der Waals surface area contributed by atoms with Crippen LogP contribution in [0, 0.1) is 12.3 Å². The molecular formula is C18H23N5O. The van der Waals surface area contributed by atoms with Crippen molar-refractivity contribution in [2.24, 2.45) is 0 Å². The molecule has 126 valence electrons. The van der Waals surface area contributed by atoms with Gasteiger partial charge in [-0.3, -0.25) is 9.58 Å². The number of fused-ring (bicyclic) bond motifs is 1. The van der Waals surface area contributed by atoms with E-state index in [2.05, 4.69) is 35.1 Å². The molecule has 6 heteroatoms. The average Bonchev–Trinajstić information content (AvgIpc) is 2.99. The standard InChI is InChI=1S/C18H23N5O/c1-4-7-21-8-10-22(11-9-21)18(24)19-16-5-6-17-15(12-16)13-23(20-17)14(2)3/h1,5-6,12-14H,7-11H2,2-3H3,(H,19,24). The zero-order valence-corrected chi connectivity index (χ0v) is 14.2. The number of hydrogen-bond acceptors (Lipinski definition) is 3. The van der Waals surface area contributed by atoms with E-state index in [4.69, 9.17) is 6.42 Å². The number of nitrogens with zero attached hydrogens (tertiary/aromatic N) is 4. The van der Waals surface area contributed by atoms with Gasteiger partial charge in [0.25, 0.3) is 0 Å². The molecule has 2 aromatic rings. The lowest BCUT2D eigenvalue weighted by Crippen LogP contribution is -2.49. The first-order valence-electron chi connectivity index (χ1n) is 8.27. The lowest BCUT2D eigenvalue weighted by Gasteiger charge is -2.33. The molecule has 2 heterocycles. The first kappa shape index (κ1) is 16.3. The molecule has 0 radical (unpaired) electrons. The van der Waals surface area contributed by atoms with Gasteiger partial charge >= 0.3 is 6.03 Å². The quantitative estimate of drug-likeness (QED) is 0.882. The van der Waals surface area contributed by atoms with Gasteiger partial charge in [0.05, 0.1) is 12.1 Å². The van der Waals surface area contributed by atoms with Gasteiger partial charge in [0, 0.05) is 49.5 Å². The number of piperazine rings is 1. The van der Waals surface area contributed by atoms with Gasteiger partial charge in [-0.15, -0.1) is 6.42 Å². The molecule has 2 amide bonds. The number of benzene rings is 1. The molecule has 6 nitrogen and oxygen atoms in total. The fraction of sp³-hybridized carbons (Fsp3) is 0.444. The van der Waals surface area contributed by atoms with Crippen molar-refractivity contribution in [3.63, 3.8) is 0 Å². The normalized spacial score (nSPS) is 15.7. The van der Waals surface area contributed by atoms with E-state index in [-0.39, 0.29) is 6.03 Å². The maximum atomic E-state index is 12.4. The van der Waals surface area contributed by atoms with E-state index >= 15 is 0 Å². The van der Waals surface area contributed by atoms with E-state index in [0.717, 1.165) is 29.7 Å². The van der Waals surface area contributed by atoms with Crippen molar-refractivity contribution in [3.05, 3.63) is 24.4 Å². The number of amides is 2. The van der Waals surface area contributed by atoms with Crippen molar-refractivity contribution in [1.29, 1.82) is 0 Å². The molecule has 3 rings (SSSR count). The Hall–Kier alpha value is -2.52. The molecule has 0 atom stereocenters. The summed E-state index contributed by atoms with van der Waals surface area (Å²) >= 11 is 0. The number of carbonyl (C=O) groups excluding carboxylic acids is 1. The first-order chi connectivity index (χ1) is 11.6. The summed E-state index contributed by atoms with van der Waals surface area (Å²) in [5.74, 6) is 2.65. The summed E-state index contributed by atoms with van der Waals surface area (Å²) in [5, 5.41) is 8.53. The number of terminal acetylenes is 1. The Morgan fingerprint density at radius 2 is 2.08 bits per heavy atom. The van der Waals surface area contributed by atoms with Gasteiger partial charge in [0.15, 0.2) is 0 Å². The molecule has 1 fully saturated rings. The monoisotopic (exact) mass is 325 g/mol. The van der Waals surface area contributed by atoms with Crippen LogP contribution in [0.25, 0.3) is 10.9 Å². The van der Waals surface area contributed by atoms with Gasteiger partial charge < -0.3 is 10.2 Å². The zero-order valence-electron chi connectivity index (χ0n) is 14.2. The van der Waals surface area contributed by atoms with Crippen molar-refractivity contribution in [2.45, 2.75) is 19.9 Å². The Labute approximate surface area is 142 Å². The molecule has 1 saturated heterocycles. The minimum Gasteiger partial charge on any atom is -0.322 e. The maximum absolute atomic E-state index is 12.4. The Morgan fingerprint density at radius 1 is 1.33 bits per heavy atom. The lowest BCUT2D eigenvalue weighted by molar-refractivity contribution is 0.157.